The standard InChI is InChI=1S/C20H24N8/c1-27(2)13-4-3-6-15-8-10-16(11-9-15)19-17-7-5-12-21-20(17)28(24-19)14-18-22-25-26-23-18/h5,7-12H,3-4,6,13-14H2,1-2H3,(H,22,23,25,26). The number of tetrazole rings is 1. The first-order chi connectivity index (χ1) is 13.7. The van der Waals surface area contributed by atoms with Crippen molar-refractivity contribution in [3.8, 4) is 11.3 Å². The number of unbranched alkanes of at least 4 members (excludes halogenated alkanes) is 1. The summed E-state index contributed by atoms with van der Waals surface area (Å²) >= 11 is 0. The molecule has 4 aromatic rings. The van der Waals surface area contributed by atoms with E-state index in [1.54, 1.807) is 6.20 Å². The Balaban J connectivity index is 1.55. The van der Waals surface area contributed by atoms with Gasteiger partial charge in [0.1, 0.15) is 12.2 Å². The van der Waals surface area contributed by atoms with Crippen molar-refractivity contribution in [2.75, 3.05) is 20.6 Å². The number of nitrogens with zero attached hydrogens (tertiary/aromatic N) is 7. The smallest absolute Gasteiger partial charge is 0.196 e. The van der Waals surface area contributed by atoms with E-state index in [4.69, 9.17) is 5.10 Å². The highest BCUT2D eigenvalue weighted by Gasteiger charge is 2.14. The van der Waals surface area contributed by atoms with E-state index in [0.29, 0.717) is 12.4 Å². The first-order valence-electron chi connectivity index (χ1n) is 9.48. The van der Waals surface area contributed by atoms with Gasteiger partial charge in [0.05, 0.1) is 0 Å². The second kappa shape index (κ2) is 8.26. The van der Waals surface area contributed by atoms with Crippen LogP contribution in [0, 0.1) is 0 Å². The van der Waals surface area contributed by atoms with Crippen molar-refractivity contribution in [3.63, 3.8) is 0 Å². The molecule has 144 valence electrons. The van der Waals surface area contributed by atoms with Crippen LogP contribution < -0.4 is 0 Å². The van der Waals surface area contributed by atoms with Crippen LogP contribution in [0.1, 0.15) is 24.2 Å². The molecule has 0 fully saturated rings. The van der Waals surface area contributed by atoms with Crippen molar-refractivity contribution in [1.82, 2.24) is 40.3 Å². The number of nitrogens with one attached hydrogen (secondary N) is 1. The molecule has 3 heterocycles. The van der Waals surface area contributed by atoms with Gasteiger partial charge in [-0.25, -0.2) is 9.67 Å². The van der Waals surface area contributed by atoms with Crippen LogP contribution in [0.2, 0.25) is 0 Å². The minimum atomic E-state index is 0.425. The predicted molar refractivity (Wildman–Crippen MR) is 108 cm³/mol. The van der Waals surface area contributed by atoms with Crippen LogP contribution in [-0.4, -0.2) is 60.9 Å². The largest absolute Gasteiger partial charge is 0.309 e. The van der Waals surface area contributed by atoms with Gasteiger partial charge in [0.15, 0.2) is 11.5 Å². The number of pyridine rings is 1. The number of rotatable bonds is 8. The normalized spacial score (nSPS) is 11.5. The van der Waals surface area contributed by atoms with Gasteiger partial charge < -0.3 is 4.90 Å². The second-order valence-corrected chi connectivity index (χ2v) is 7.17. The Hall–Kier alpha value is -3.13. The Morgan fingerprint density at radius 1 is 1.07 bits per heavy atom. The SMILES string of the molecule is CN(C)CCCCc1ccc(-c2nn(Cc3nn[nH]n3)c3ncccc23)cc1. The fourth-order valence-corrected chi connectivity index (χ4v) is 3.30. The molecule has 0 spiro atoms. The Morgan fingerprint density at radius 2 is 1.93 bits per heavy atom. The molecule has 0 unspecified atom stereocenters. The molecule has 0 amide bonds. The summed E-state index contributed by atoms with van der Waals surface area (Å²) < 4.78 is 1.82. The number of aromatic nitrogens is 7. The summed E-state index contributed by atoms with van der Waals surface area (Å²) in [5, 5.41) is 19.9. The van der Waals surface area contributed by atoms with Gasteiger partial charge in [0.25, 0.3) is 0 Å². The molecule has 0 aliphatic heterocycles. The van der Waals surface area contributed by atoms with Gasteiger partial charge in [0.2, 0.25) is 0 Å². The van der Waals surface area contributed by atoms with Crippen LogP contribution in [0.5, 0.6) is 0 Å². The zero-order chi connectivity index (χ0) is 19.3. The van der Waals surface area contributed by atoms with Crippen LogP contribution in [0.3, 0.4) is 0 Å². The van der Waals surface area contributed by atoms with Crippen LogP contribution in [0.4, 0.5) is 0 Å². The maximum Gasteiger partial charge on any atom is 0.196 e. The van der Waals surface area contributed by atoms with Crippen LogP contribution in [0.15, 0.2) is 42.6 Å². The molecule has 4 rings (SSSR count). The van der Waals surface area contributed by atoms with E-state index < -0.39 is 0 Å². The molecule has 0 aliphatic rings. The van der Waals surface area contributed by atoms with E-state index in [9.17, 15) is 0 Å². The Morgan fingerprint density at radius 3 is 2.68 bits per heavy atom. The zero-order valence-electron chi connectivity index (χ0n) is 16.2. The number of aromatic amines is 1. The van der Waals surface area contributed by atoms with Gasteiger partial charge in [-0.15, -0.1) is 10.2 Å². The molecule has 3 aromatic heterocycles. The Labute approximate surface area is 163 Å². The fraction of sp³-hybridized carbons (Fsp3) is 0.350. The molecule has 0 radical (unpaired) electrons. The summed E-state index contributed by atoms with van der Waals surface area (Å²) in [4.78, 5) is 6.73. The fourth-order valence-electron chi connectivity index (χ4n) is 3.30. The van der Waals surface area contributed by atoms with Crippen molar-refractivity contribution in [3.05, 3.63) is 54.0 Å². The summed E-state index contributed by atoms with van der Waals surface area (Å²) in [6.45, 7) is 1.56. The first kappa shape index (κ1) is 18.2. The van der Waals surface area contributed by atoms with Gasteiger partial charge in [-0.1, -0.05) is 29.5 Å². The maximum atomic E-state index is 4.79. The lowest BCUT2D eigenvalue weighted by Gasteiger charge is -2.08. The van der Waals surface area contributed by atoms with Crippen LogP contribution >= 0.6 is 0 Å². The summed E-state index contributed by atoms with van der Waals surface area (Å²) in [6, 6.07) is 12.7. The summed E-state index contributed by atoms with van der Waals surface area (Å²) in [7, 11) is 4.23. The Bertz CT molecular complexity index is 1020. The van der Waals surface area contributed by atoms with Gasteiger partial charge in [0, 0.05) is 17.1 Å². The van der Waals surface area contributed by atoms with Crippen LogP contribution in [0.25, 0.3) is 22.3 Å². The first-order valence-corrected chi connectivity index (χ1v) is 9.48. The summed E-state index contributed by atoms with van der Waals surface area (Å²) in [5.74, 6) is 0.578. The average Bonchev–Trinajstić information content (AvgIpc) is 3.34. The number of aryl methyl sites for hydroxylation is 1. The summed E-state index contributed by atoms with van der Waals surface area (Å²) in [5.41, 5.74) is 4.18. The zero-order valence-corrected chi connectivity index (χ0v) is 16.2. The molecule has 0 saturated carbocycles. The lowest BCUT2D eigenvalue weighted by atomic mass is 10.0. The number of hydrogen-bond acceptors (Lipinski definition) is 6. The van der Waals surface area contributed by atoms with Crippen molar-refractivity contribution in [1.29, 1.82) is 0 Å². The molecule has 0 aliphatic carbocycles. The monoisotopic (exact) mass is 376 g/mol. The van der Waals surface area contributed by atoms with E-state index >= 15 is 0 Å². The van der Waals surface area contributed by atoms with Gasteiger partial charge >= 0.3 is 0 Å². The predicted octanol–water partition coefficient (Wildman–Crippen LogP) is 2.54. The van der Waals surface area contributed by atoms with E-state index in [1.165, 1.54) is 18.4 Å². The molecule has 8 nitrogen and oxygen atoms in total. The molecular formula is C20H24N8. The average molecular weight is 376 g/mol. The highest BCUT2D eigenvalue weighted by molar-refractivity contribution is 5.91. The molecule has 1 aromatic carbocycles. The lowest BCUT2D eigenvalue weighted by Crippen LogP contribution is -2.12. The third-order valence-electron chi connectivity index (χ3n) is 4.74. The number of hydrogen-bond donors (Lipinski definition) is 1. The molecule has 0 saturated heterocycles. The second-order valence-electron chi connectivity index (χ2n) is 7.17. The van der Waals surface area contributed by atoms with Gasteiger partial charge in [-0.2, -0.15) is 10.3 Å². The minimum Gasteiger partial charge on any atom is -0.309 e. The highest BCUT2D eigenvalue weighted by Crippen LogP contribution is 2.27. The third-order valence-corrected chi connectivity index (χ3v) is 4.74. The molecule has 28 heavy (non-hydrogen) atoms. The quantitative estimate of drug-likeness (QED) is 0.476. The maximum absolute atomic E-state index is 4.79. The van der Waals surface area contributed by atoms with E-state index in [0.717, 1.165) is 35.3 Å². The van der Waals surface area contributed by atoms with Gasteiger partial charge in [-0.3, -0.25) is 0 Å². The topological polar surface area (TPSA) is 88.4 Å². The van der Waals surface area contributed by atoms with E-state index in [1.807, 2.05) is 16.8 Å². The lowest BCUT2D eigenvalue weighted by molar-refractivity contribution is 0.394. The van der Waals surface area contributed by atoms with Crippen molar-refractivity contribution < 1.29 is 0 Å². The molecule has 0 atom stereocenters. The molecule has 8 heteroatoms. The highest BCUT2D eigenvalue weighted by atomic mass is 15.5. The van der Waals surface area contributed by atoms with E-state index in [2.05, 4.69) is 68.9 Å². The molecular weight excluding hydrogens is 352 g/mol. The van der Waals surface area contributed by atoms with Crippen LogP contribution in [-0.2, 0) is 13.0 Å². The Kier molecular flexibility index (Phi) is 5.38. The van der Waals surface area contributed by atoms with E-state index in [-0.39, 0.29) is 0 Å². The van der Waals surface area contributed by atoms with Gasteiger partial charge in [-0.05, 0) is 57.6 Å². The van der Waals surface area contributed by atoms with Crippen molar-refractivity contribution in [2.24, 2.45) is 0 Å². The third kappa shape index (κ3) is 4.07. The molecule has 0 bridgehead atoms. The number of fused-ring (bicyclic) bond motifs is 1. The number of H-pyrrole nitrogens is 1. The summed E-state index contributed by atoms with van der Waals surface area (Å²) in [6.07, 6.45) is 5.29. The molecule has 1 N–H and O–H groups in total. The van der Waals surface area contributed by atoms with Crippen molar-refractivity contribution >= 4 is 11.0 Å². The van der Waals surface area contributed by atoms with Crippen molar-refractivity contribution in [2.45, 2.75) is 25.8 Å². The number of benzene rings is 1. The minimum absolute atomic E-state index is 0.425.